The van der Waals surface area contributed by atoms with E-state index in [0.717, 1.165) is 41.0 Å². The number of urea groups is 1. The summed E-state index contributed by atoms with van der Waals surface area (Å²) in [6.45, 7) is 9.76. The van der Waals surface area contributed by atoms with Gasteiger partial charge < -0.3 is 19.9 Å². The number of ether oxygens (including phenoxy) is 1. The number of nitrogens with zero attached hydrogens (tertiary/aromatic N) is 4. The smallest absolute Gasteiger partial charge is 0.321 e. The standard InChI is InChI=1S/C24H29N5O2S/c1-4-31-19-9-7-18(8-10-19)25-24(30)29-13-11-28(12-14-29)22-20-15(2)16(3)32-23(20)27-21(26-22)17-5-6-17/h7-10,17H,4-6,11-14H2,1-3H3,(H,25,30). The Labute approximate surface area is 192 Å². The van der Waals surface area contributed by atoms with E-state index in [0.29, 0.717) is 25.6 Å². The fourth-order valence-corrected chi connectivity index (χ4v) is 5.15. The van der Waals surface area contributed by atoms with Crippen LogP contribution in [0.1, 0.15) is 41.9 Å². The summed E-state index contributed by atoms with van der Waals surface area (Å²) in [6, 6.07) is 7.43. The van der Waals surface area contributed by atoms with Crippen LogP contribution in [0.4, 0.5) is 16.3 Å². The van der Waals surface area contributed by atoms with Gasteiger partial charge in [0.2, 0.25) is 0 Å². The summed E-state index contributed by atoms with van der Waals surface area (Å²) in [7, 11) is 0. The van der Waals surface area contributed by atoms with Crippen LogP contribution in [-0.2, 0) is 0 Å². The maximum absolute atomic E-state index is 12.8. The molecule has 1 aromatic carbocycles. The van der Waals surface area contributed by atoms with Gasteiger partial charge in [-0.2, -0.15) is 0 Å². The number of hydrogen-bond acceptors (Lipinski definition) is 6. The molecule has 2 fully saturated rings. The van der Waals surface area contributed by atoms with Crippen LogP contribution in [0.3, 0.4) is 0 Å². The normalized spacial score (nSPS) is 16.5. The molecule has 168 valence electrons. The van der Waals surface area contributed by atoms with E-state index in [1.54, 1.807) is 11.3 Å². The van der Waals surface area contributed by atoms with E-state index in [9.17, 15) is 4.79 Å². The Balaban J connectivity index is 1.28. The van der Waals surface area contributed by atoms with Gasteiger partial charge in [0.1, 0.15) is 22.2 Å². The molecule has 8 heteroatoms. The summed E-state index contributed by atoms with van der Waals surface area (Å²) >= 11 is 1.77. The van der Waals surface area contributed by atoms with Crippen LogP contribution in [0.5, 0.6) is 5.75 Å². The van der Waals surface area contributed by atoms with E-state index in [1.807, 2.05) is 36.1 Å². The molecule has 0 bridgehead atoms. The predicted octanol–water partition coefficient (Wildman–Crippen LogP) is 4.94. The van der Waals surface area contributed by atoms with Gasteiger partial charge in [-0.3, -0.25) is 0 Å². The van der Waals surface area contributed by atoms with E-state index in [1.165, 1.54) is 28.7 Å². The Bertz CT molecular complexity index is 1130. The molecule has 1 N–H and O–H groups in total. The van der Waals surface area contributed by atoms with E-state index in [4.69, 9.17) is 14.7 Å². The lowest BCUT2D eigenvalue weighted by Crippen LogP contribution is -2.50. The molecule has 0 radical (unpaired) electrons. The minimum atomic E-state index is -0.0668. The number of piperazine rings is 1. The zero-order valence-corrected chi connectivity index (χ0v) is 19.7. The Morgan fingerprint density at radius 2 is 1.84 bits per heavy atom. The van der Waals surface area contributed by atoms with E-state index >= 15 is 0 Å². The van der Waals surface area contributed by atoms with Crippen molar-refractivity contribution < 1.29 is 9.53 Å². The van der Waals surface area contributed by atoms with Crippen LogP contribution in [0.2, 0.25) is 0 Å². The number of fused-ring (bicyclic) bond motifs is 1. The van der Waals surface area contributed by atoms with Gasteiger partial charge in [0, 0.05) is 42.7 Å². The van der Waals surface area contributed by atoms with Crippen LogP contribution < -0.4 is 15.0 Å². The molecule has 1 saturated carbocycles. The van der Waals surface area contributed by atoms with Crippen molar-refractivity contribution in [3.8, 4) is 5.75 Å². The number of aryl methyl sites for hydroxylation is 2. The fraction of sp³-hybridized carbons (Fsp3) is 0.458. The number of nitrogens with one attached hydrogen (secondary N) is 1. The highest BCUT2D eigenvalue weighted by Crippen LogP contribution is 2.42. The van der Waals surface area contributed by atoms with Crippen molar-refractivity contribution in [3.05, 3.63) is 40.5 Å². The molecule has 0 spiro atoms. The minimum absolute atomic E-state index is 0.0668. The second-order valence-corrected chi connectivity index (χ2v) is 9.71. The lowest BCUT2D eigenvalue weighted by molar-refractivity contribution is 0.208. The molecular formula is C24H29N5O2S. The molecule has 5 rings (SSSR count). The van der Waals surface area contributed by atoms with Gasteiger partial charge in [0.15, 0.2) is 0 Å². The van der Waals surface area contributed by atoms with Gasteiger partial charge in [0.05, 0.1) is 12.0 Å². The van der Waals surface area contributed by atoms with E-state index < -0.39 is 0 Å². The summed E-state index contributed by atoms with van der Waals surface area (Å²) in [5, 5.41) is 4.18. The number of thiophene rings is 1. The lowest BCUT2D eigenvalue weighted by Gasteiger charge is -2.35. The summed E-state index contributed by atoms with van der Waals surface area (Å²) in [5.74, 6) is 3.36. The number of anilines is 2. The number of aromatic nitrogens is 2. The SMILES string of the molecule is CCOc1ccc(NC(=O)N2CCN(c3nc(C4CC4)nc4sc(C)c(C)c34)CC2)cc1. The lowest BCUT2D eigenvalue weighted by atomic mass is 10.2. The average molecular weight is 452 g/mol. The van der Waals surface area contributed by atoms with Crippen molar-refractivity contribution >= 4 is 39.1 Å². The first-order valence-electron chi connectivity index (χ1n) is 11.3. The number of amides is 2. The van der Waals surface area contributed by atoms with Crippen LogP contribution in [0.15, 0.2) is 24.3 Å². The van der Waals surface area contributed by atoms with Crippen LogP contribution in [0, 0.1) is 13.8 Å². The van der Waals surface area contributed by atoms with Crippen molar-refractivity contribution in [3.63, 3.8) is 0 Å². The molecule has 2 amide bonds. The number of carbonyl (C=O) groups is 1. The second-order valence-electron chi connectivity index (χ2n) is 8.50. The quantitative estimate of drug-likeness (QED) is 0.595. The fourth-order valence-electron chi connectivity index (χ4n) is 4.12. The molecule has 1 aliphatic carbocycles. The monoisotopic (exact) mass is 451 g/mol. The summed E-state index contributed by atoms with van der Waals surface area (Å²) in [5.41, 5.74) is 2.05. The van der Waals surface area contributed by atoms with Gasteiger partial charge in [0.25, 0.3) is 0 Å². The van der Waals surface area contributed by atoms with Crippen LogP contribution in [-0.4, -0.2) is 53.7 Å². The number of hydrogen-bond donors (Lipinski definition) is 1. The molecule has 1 aliphatic heterocycles. The van der Waals surface area contributed by atoms with Gasteiger partial charge in [-0.15, -0.1) is 11.3 Å². The Kier molecular flexibility index (Phi) is 5.63. The Morgan fingerprint density at radius 3 is 2.50 bits per heavy atom. The van der Waals surface area contributed by atoms with Gasteiger partial charge in [-0.05, 0) is 63.4 Å². The maximum Gasteiger partial charge on any atom is 0.321 e. The molecule has 2 aliphatic rings. The third-order valence-electron chi connectivity index (χ3n) is 6.25. The third kappa shape index (κ3) is 4.11. The molecule has 32 heavy (non-hydrogen) atoms. The summed E-state index contributed by atoms with van der Waals surface area (Å²) < 4.78 is 5.47. The largest absolute Gasteiger partial charge is 0.494 e. The number of carbonyl (C=O) groups excluding carboxylic acids is 1. The van der Waals surface area contributed by atoms with Gasteiger partial charge >= 0.3 is 6.03 Å². The van der Waals surface area contributed by atoms with Crippen molar-refractivity contribution in [2.45, 2.75) is 39.5 Å². The van der Waals surface area contributed by atoms with Crippen molar-refractivity contribution in [1.29, 1.82) is 0 Å². The van der Waals surface area contributed by atoms with Crippen LogP contribution in [0.25, 0.3) is 10.2 Å². The summed E-state index contributed by atoms with van der Waals surface area (Å²) in [6.07, 6.45) is 2.38. The molecule has 3 heterocycles. The second kappa shape index (κ2) is 8.58. The van der Waals surface area contributed by atoms with E-state index in [2.05, 4.69) is 24.1 Å². The third-order valence-corrected chi connectivity index (χ3v) is 7.35. The number of rotatable bonds is 5. The maximum atomic E-state index is 12.8. The molecular weight excluding hydrogens is 422 g/mol. The number of benzene rings is 1. The van der Waals surface area contributed by atoms with Crippen molar-refractivity contribution in [2.24, 2.45) is 0 Å². The first-order valence-corrected chi connectivity index (χ1v) is 12.2. The molecule has 0 atom stereocenters. The molecule has 0 unspecified atom stereocenters. The van der Waals surface area contributed by atoms with E-state index in [-0.39, 0.29) is 6.03 Å². The highest BCUT2D eigenvalue weighted by Gasteiger charge is 2.30. The molecule has 1 saturated heterocycles. The van der Waals surface area contributed by atoms with Crippen molar-refractivity contribution in [2.75, 3.05) is 43.0 Å². The van der Waals surface area contributed by atoms with Crippen molar-refractivity contribution in [1.82, 2.24) is 14.9 Å². The zero-order chi connectivity index (χ0) is 22.2. The minimum Gasteiger partial charge on any atom is -0.494 e. The average Bonchev–Trinajstić information content (AvgIpc) is 3.61. The van der Waals surface area contributed by atoms with Crippen LogP contribution >= 0.6 is 11.3 Å². The highest BCUT2D eigenvalue weighted by molar-refractivity contribution is 7.18. The molecule has 2 aromatic heterocycles. The summed E-state index contributed by atoms with van der Waals surface area (Å²) in [4.78, 5) is 29.3. The molecule has 3 aromatic rings. The Hall–Kier alpha value is -2.87. The highest BCUT2D eigenvalue weighted by atomic mass is 32.1. The topological polar surface area (TPSA) is 70.6 Å². The Morgan fingerprint density at radius 1 is 1.12 bits per heavy atom. The van der Waals surface area contributed by atoms with Gasteiger partial charge in [-0.1, -0.05) is 0 Å². The molecule has 7 nitrogen and oxygen atoms in total. The first kappa shape index (κ1) is 21.0. The first-order chi connectivity index (χ1) is 15.5. The predicted molar refractivity (Wildman–Crippen MR) is 129 cm³/mol. The van der Waals surface area contributed by atoms with Gasteiger partial charge in [-0.25, -0.2) is 14.8 Å². The zero-order valence-electron chi connectivity index (χ0n) is 18.9.